The normalized spacial score (nSPS) is 24.1. The van der Waals surface area contributed by atoms with Gasteiger partial charge in [-0.3, -0.25) is 19.7 Å². The van der Waals surface area contributed by atoms with E-state index in [2.05, 4.69) is 16.7 Å². The Bertz CT molecular complexity index is 698. The number of rotatable bonds is 1. The number of imide groups is 1. The number of nitrogens with zero attached hydrogens (tertiary/aromatic N) is 1. The lowest BCUT2D eigenvalue weighted by molar-refractivity contribution is -0.136. The van der Waals surface area contributed by atoms with Crippen LogP contribution in [0.2, 0.25) is 0 Å². The summed E-state index contributed by atoms with van der Waals surface area (Å²) in [4.78, 5) is 37.5. The molecule has 1 saturated heterocycles. The zero-order valence-corrected chi connectivity index (χ0v) is 12.1. The Hall–Kier alpha value is -2.21. The number of hydrogen-bond acceptors (Lipinski definition) is 4. The Labute approximate surface area is 127 Å². The predicted molar refractivity (Wildman–Crippen MR) is 77.9 cm³/mol. The topological polar surface area (TPSA) is 78.5 Å². The molecule has 0 saturated carbocycles. The molecule has 0 unspecified atom stereocenters. The van der Waals surface area contributed by atoms with E-state index in [0.717, 1.165) is 25.1 Å². The van der Waals surface area contributed by atoms with Gasteiger partial charge >= 0.3 is 0 Å². The van der Waals surface area contributed by atoms with E-state index in [1.54, 1.807) is 4.90 Å². The number of amides is 3. The number of fused-ring (bicyclic) bond motifs is 2. The van der Waals surface area contributed by atoms with Crippen molar-refractivity contribution in [2.45, 2.75) is 38.4 Å². The highest BCUT2D eigenvalue weighted by Gasteiger charge is 2.39. The molecule has 0 bridgehead atoms. The third-order valence-corrected chi connectivity index (χ3v) is 4.73. The molecule has 3 heterocycles. The lowest BCUT2D eigenvalue weighted by atomic mass is 9.95. The molecule has 22 heavy (non-hydrogen) atoms. The minimum Gasteiger partial charge on any atom is -0.322 e. The van der Waals surface area contributed by atoms with E-state index in [4.69, 9.17) is 0 Å². The van der Waals surface area contributed by atoms with Crippen LogP contribution in [-0.2, 0) is 29.1 Å². The van der Waals surface area contributed by atoms with Crippen LogP contribution in [0, 0.1) is 0 Å². The average molecular weight is 299 g/mol. The fourth-order valence-electron chi connectivity index (χ4n) is 3.55. The summed E-state index contributed by atoms with van der Waals surface area (Å²) >= 11 is 0. The van der Waals surface area contributed by atoms with Gasteiger partial charge in [0.05, 0.1) is 0 Å². The van der Waals surface area contributed by atoms with Crippen LogP contribution >= 0.6 is 0 Å². The number of benzene rings is 1. The van der Waals surface area contributed by atoms with Crippen LogP contribution in [0.25, 0.3) is 0 Å². The molecule has 0 radical (unpaired) electrons. The van der Waals surface area contributed by atoms with E-state index in [1.165, 1.54) is 11.1 Å². The van der Waals surface area contributed by atoms with E-state index in [1.807, 2.05) is 6.07 Å². The molecule has 1 fully saturated rings. The molecule has 1 aromatic rings. The van der Waals surface area contributed by atoms with Gasteiger partial charge in [0, 0.05) is 25.1 Å². The smallest absolute Gasteiger partial charge is 0.255 e. The van der Waals surface area contributed by atoms with Gasteiger partial charge in [0.15, 0.2) is 0 Å². The third kappa shape index (κ3) is 2.02. The highest BCUT2D eigenvalue weighted by atomic mass is 16.2. The summed E-state index contributed by atoms with van der Waals surface area (Å²) in [6.07, 6.45) is 1.62. The van der Waals surface area contributed by atoms with Gasteiger partial charge in [-0.25, -0.2) is 0 Å². The highest BCUT2D eigenvalue weighted by molar-refractivity contribution is 6.05. The summed E-state index contributed by atoms with van der Waals surface area (Å²) in [7, 11) is 0. The van der Waals surface area contributed by atoms with Crippen LogP contribution in [0.4, 0.5) is 0 Å². The van der Waals surface area contributed by atoms with Gasteiger partial charge in [-0.2, -0.15) is 0 Å². The summed E-state index contributed by atoms with van der Waals surface area (Å²) in [6, 6.07) is 3.54. The van der Waals surface area contributed by atoms with Crippen LogP contribution in [0.1, 0.15) is 39.9 Å². The fourth-order valence-corrected chi connectivity index (χ4v) is 3.55. The van der Waals surface area contributed by atoms with Crippen molar-refractivity contribution in [3.63, 3.8) is 0 Å². The molecule has 1 atom stereocenters. The molecular formula is C16H17N3O3. The number of hydrogen-bond donors (Lipinski definition) is 2. The Morgan fingerprint density at radius 3 is 2.73 bits per heavy atom. The van der Waals surface area contributed by atoms with Crippen molar-refractivity contribution in [1.29, 1.82) is 0 Å². The molecule has 6 nitrogen and oxygen atoms in total. The minimum absolute atomic E-state index is 0.0918. The minimum atomic E-state index is -0.534. The van der Waals surface area contributed by atoms with Gasteiger partial charge < -0.3 is 10.2 Å². The van der Waals surface area contributed by atoms with E-state index in [0.29, 0.717) is 18.5 Å². The number of carbonyl (C=O) groups is 3. The van der Waals surface area contributed by atoms with Gasteiger partial charge in [-0.05, 0) is 42.1 Å². The average Bonchev–Trinajstić information content (AvgIpc) is 2.82. The number of carbonyl (C=O) groups excluding carboxylic acids is 3. The van der Waals surface area contributed by atoms with Crippen molar-refractivity contribution in [1.82, 2.24) is 15.5 Å². The predicted octanol–water partition coefficient (Wildman–Crippen LogP) is 0.0933. The van der Waals surface area contributed by atoms with Gasteiger partial charge in [0.2, 0.25) is 11.8 Å². The van der Waals surface area contributed by atoms with E-state index >= 15 is 0 Å². The molecule has 2 N–H and O–H groups in total. The molecule has 0 aromatic heterocycles. The van der Waals surface area contributed by atoms with Crippen molar-refractivity contribution < 1.29 is 14.4 Å². The number of nitrogens with one attached hydrogen (secondary N) is 2. The van der Waals surface area contributed by atoms with Crippen LogP contribution in [0.15, 0.2) is 12.1 Å². The quantitative estimate of drug-likeness (QED) is 0.721. The van der Waals surface area contributed by atoms with E-state index in [9.17, 15) is 14.4 Å². The second kappa shape index (κ2) is 4.91. The van der Waals surface area contributed by atoms with Crippen LogP contribution < -0.4 is 10.6 Å². The largest absolute Gasteiger partial charge is 0.322 e. The Morgan fingerprint density at radius 1 is 1.05 bits per heavy atom. The molecule has 3 aliphatic rings. The van der Waals surface area contributed by atoms with E-state index in [-0.39, 0.29) is 24.1 Å². The van der Waals surface area contributed by atoms with Crippen molar-refractivity contribution in [3.05, 3.63) is 34.4 Å². The van der Waals surface area contributed by atoms with Gasteiger partial charge in [-0.15, -0.1) is 0 Å². The highest BCUT2D eigenvalue weighted by Crippen LogP contribution is 2.30. The van der Waals surface area contributed by atoms with Crippen molar-refractivity contribution in [2.75, 3.05) is 6.54 Å². The molecule has 4 rings (SSSR count). The van der Waals surface area contributed by atoms with Crippen LogP contribution in [-0.4, -0.2) is 35.2 Å². The molecule has 6 heteroatoms. The molecule has 3 amide bonds. The molecule has 3 aliphatic heterocycles. The SMILES string of the molecule is O=C1CC[C@H](N2Cc3cc4c(cc3C2=O)CCNC4)C(=O)N1. The van der Waals surface area contributed by atoms with E-state index < -0.39 is 6.04 Å². The zero-order chi connectivity index (χ0) is 15.3. The maximum absolute atomic E-state index is 12.7. The first-order chi connectivity index (χ1) is 10.6. The molecule has 0 aliphatic carbocycles. The number of piperidine rings is 1. The lowest BCUT2D eigenvalue weighted by Crippen LogP contribution is -2.52. The second-order valence-electron chi connectivity index (χ2n) is 6.10. The molecule has 1 aromatic carbocycles. The fraction of sp³-hybridized carbons (Fsp3) is 0.438. The van der Waals surface area contributed by atoms with Gasteiger partial charge in [-0.1, -0.05) is 6.07 Å². The Morgan fingerprint density at radius 2 is 1.91 bits per heavy atom. The van der Waals surface area contributed by atoms with Crippen molar-refractivity contribution in [3.8, 4) is 0 Å². The first-order valence-corrected chi connectivity index (χ1v) is 7.63. The van der Waals surface area contributed by atoms with Crippen molar-refractivity contribution in [2.24, 2.45) is 0 Å². The summed E-state index contributed by atoms with van der Waals surface area (Å²) < 4.78 is 0. The van der Waals surface area contributed by atoms with Gasteiger partial charge in [0.25, 0.3) is 5.91 Å². The Kier molecular flexibility index (Phi) is 3.00. The first-order valence-electron chi connectivity index (χ1n) is 7.63. The first kappa shape index (κ1) is 13.5. The lowest BCUT2D eigenvalue weighted by Gasteiger charge is -2.29. The molecular weight excluding hydrogens is 282 g/mol. The zero-order valence-electron chi connectivity index (χ0n) is 12.1. The second-order valence-corrected chi connectivity index (χ2v) is 6.10. The van der Waals surface area contributed by atoms with Crippen molar-refractivity contribution >= 4 is 17.7 Å². The maximum atomic E-state index is 12.7. The third-order valence-electron chi connectivity index (χ3n) is 4.73. The maximum Gasteiger partial charge on any atom is 0.255 e. The monoisotopic (exact) mass is 299 g/mol. The molecule has 0 spiro atoms. The standard InChI is InChI=1S/C16H17N3O3/c20-14-2-1-13(15(21)18-14)19-8-11-5-10-7-17-4-3-9(10)6-12(11)16(19)22/h5-6,13,17H,1-4,7-8H2,(H,18,20,21)/t13-/m0/s1. The Balaban J connectivity index is 1.64. The summed E-state index contributed by atoms with van der Waals surface area (Å²) in [5, 5.41) is 5.66. The van der Waals surface area contributed by atoms with Gasteiger partial charge in [0.1, 0.15) is 6.04 Å². The summed E-state index contributed by atoms with van der Waals surface area (Å²) in [5.74, 6) is -0.707. The molecule has 114 valence electrons. The summed E-state index contributed by atoms with van der Waals surface area (Å²) in [5.41, 5.74) is 4.15. The van der Waals surface area contributed by atoms with Crippen LogP contribution in [0.5, 0.6) is 0 Å². The van der Waals surface area contributed by atoms with Crippen LogP contribution in [0.3, 0.4) is 0 Å². The summed E-state index contributed by atoms with van der Waals surface area (Å²) in [6.45, 7) is 2.21.